The summed E-state index contributed by atoms with van der Waals surface area (Å²) in [4.78, 5) is 0. The van der Waals surface area contributed by atoms with Crippen molar-refractivity contribution in [2.75, 3.05) is 0 Å². The van der Waals surface area contributed by atoms with E-state index in [1.54, 1.807) is 13.0 Å². The molecule has 0 saturated heterocycles. The first-order chi connectivity index (χ1) is 8.16. The second-order valence-corrected chi connectivity index (χ2v) is 4.62. The van der Waals surface area contributed by atoms with Crippen LogP contribution in [0.5, 0.6) is 0 Å². The Morgan fingerprint density at radius 2 is 2.06 bits per heavy atom. The van der Waals surface area contributed by atoms with Crippen LogP contribution in [0, 0.1) is 12.7 Å². The van der Waals surface area contributed by atoms with Crippen molar-refractivity contribution in [3.63, 3.8) is 0 Å². The third-order valence-electron chi connectivity index (χ3n) is 3.37. The fraction of sp³-hybridized carbons (Fsp3) is 0.286. The van der Waals surface area contributed by atoms with Gasteiger partial charge in [0, 0.05) is 17.5 Å². The van der Waals surface area contributed by atoms with Crippen molar-refractivity contribution in [2.45, 2.75) is 25.3 Å². The number of nitrogens with two attached hydrogens (primary N) is 1. The quantitative estimate of drug-likeness (QED) is 0.862. The predicted octanol–water partition coefficient (Wildman–Crippen LogP) is 3.21. The van der Waals surface area contributed by atoms with Gasteiger partial charge in [0.2, 0.25) is 0 Å². The summed E-state index contributed by atoms with van der Waals surface area (Å²) >= 11 is 0. The van der Waals surface area contributed by atoms with Gasteiger partial charge in [-0.05, 0) is 37.1 Å². The lowest BCUT2D eigenvalue weighted by Gasteiger charge is -2.03. The van der Waals surface area contributed by atoms with Gasteiger partial charge in [-0.25, -0.2) is 4.39 Å². The molecular formula is C14H14FNO. The van der Waals surface area contributed by atoms with Crippen LogP contribution in [-0.4, -0.2) is 6.04 Å². The van der Waals surface area contributed by atoms with Crippen LogP contribution in [0.2, 0.25) is 0 Å². The maximum absolute atomic E-state index is 13.4. The van der Waals surface area contributed by atoms with E-state index in [9.17, 15) is 4.39 Å². The lowest BCUT2D eigenvalue weighted by Crippen LogP contribution is -2.00. The van der Waals surface area contributed by atoms with Crippen molar-refractivity contribution < 1.29 is 8.81 Å². The lowest BCUT2D eigenvalue weighted by molar-refractivity contribution is 0.521. The van der Waals surface area contributed by atoms with Crippen molar-refractivity contribution in [1.82, 2.24) is 0 Å². The van der Waals surface area contributed by atoms with E-state index in [4.69, 9.17) is 10.2 Å². The summed E-state index contributed by atoms with van der Waals surface area (Å²) in [5, 5.41) is 0. The molecule has 3 rings (SSSR count). The average Bonchev–Trinajstić information content (AvgIpc) is 2.86. The summed E-state index contributed by atoms with van der Waals surface area (Å²) in [6.45, 7) is 1.76. The van der Waals surface area contributed by atoms with E-state index < -0.39 is 0 Å². The summed E-state index contributed by atoms with van der Waals surface area (Å²) in [5.74, 6) is 1.77. The fourth-order valence-corrected chi connectivity index (χ4v) is 2.11. The molecule has 2 N–H and O–H groups in total. The third-order valence-corrected chi connectivity index (χ3v) is 3.37. The number of furan rings is 1. The highest BCUT2D eigenvalue weighted by molar-refractivity contribution is 5.62. The minimum Gasteiger partial charge on any atom is -0.461 e. The van der Waals surface area contributed by atoms with Crippen molar-refractivity contribution in [1.29, 1.82) is 0 Å². The number of hydrogen-bond acceptors (Lipinski definition) is 2. The minimum absolute atomic E-state index is 0.205. The Labute approximate surface area is 99.2 Å². The van der Waals surface area contributed by atoms with Crippen molar-refractivity contribution in [3.05, 3.63) is 47.5 Å². The van der Waals surface area contributed by atoms with Gasteiger partial charge in [-0.2, -0.15) is 0 Å². The largest absolute Gasteiger partial charge is 0.461 e. The van der Waals surface area contributed by atoms with Crippen molar-refractivity contribution >= 4 is 0 Å². The lowest BCUT2D eigenvalue weighted by atomic mass is 10.1. The molecule has 1 aromatic heterocycles. The molecular weight excluding hydrogens is 217 g/mol. The molecule has 1 aromatic carbocycles. The molecule has 2 atom stereocenters. The van der Waals surface area contributed by atoms with E-state index in [1.807, 2.05) is 18.2 Å². The predicted molar refractivity (Wildman–Crippen MR) is 64.2 cm³/mol. The van der Waals surface area contributed by atoms with Crippen molar-refractivity contribution in [2.24, 2.45) is 5.73 Å². The molecule has 0 unspecified atom stereocenters. The molecule has 1 aliphatic carbocycles. The Bertz CT molecular complexity index is 561. The Kier molecular flexibility index (Phi) is 2.30. The summed E-state index contributed by atoms with van der Waals surface area (Å²) in [6, 6.07) is 9.08. The van der Waals surface area contributed by atoms with Gasteiger partial charge >= 0.3 is 0 Å². The molecule has 17 heavy (non-hydrogen) atoms. The maximum atomic E-state index is 13.4. The first-order valence-electron chi connectivity index (χ1n) is 5.77. The zero-order chi connectivity index (χ0) is 12.0. The maximum Gasteiger partial charge on any atom is 0.134 e. The van der Waals surface area contributed by atoms with Crippen LogP contribution in [0.1, 0.15) is 23.7 Å². The smallest absolute Gasteiger partial charge is 0.134 e. The molecule has 88 valence electrons. The summed E-state index contributed by atoms with van der Waals surface area (Å²) in [5.41, 5.74) is 7.21. The average molecular weight is 231 g/mol. The third kappa shape index (κ3) is 1.76. The van der Waals surface area contributed by atoms with Gasteiger partial charge in [-0.1, -0.05) is 12.1 Å². The van der Waals surface area contributed by atoms with Crippen LogP contribution in [0.15, 0.2) is 34.7 Å². The molecule has 2 nitrogen and oxygen atoms in total. The van der Waals surface area contributed by atoms with Crippen LogP contribution < -0.4 is 5.73 Å². The second kappa shape index (κ2) is 3.70. The Morgan fingerprint density at radius 3 is 2.76 bits per heavy atom. The zero-order valence-electron chi connectivity index (χ0n) is 9.61. The van der Waals surface area contributed by atoms with Crippen LogP contribution >= 0.6 is 0 Å². The number of benzene rings is 1. The van der Waals surface area contributed by atoms with Gasteiger partial charge in [-0.3, -0.25) is 0 Å². The van der Waals surface area contributed by atoms with Gasteiger partial charge in [0.15, 0.2) is 0 Å². The van der Waals surface area contributed by atoms with Gasteiger partial charge < -0.3 is 10.2 Å². The summed E-state index contributed by atoms with van der Waals surface area (Å²) in [6.07, 6.45) is 0.981. The minimum atomic E-state index is -0.205. The fourth-order valence-electron chi connectivity index (χ4n) is 2.11. The molecule has 1 aliphatic rings. The molecule has 2 aromatic rings. The highest BCUT2D eigenvalue weighted by Gasteiger charge is 2.37. The monoisotopic (exact) mass is 231 g/mol. The number of rotatable bonds is 2. The van der Waals surface area contributed by atoms with E-state index in [0.29, 0.717) is 11.5 Å². The second-order valence-electron chi connectivity index (χ2n) is 4.62. The molecule has 0 bridgehead atoms. The highest BCUT2D eigenvalue weighted by atomic mass is 19.1. The van der Waals surface area contributed by atoms with Crippen LogP contribution in [0.4, 0.5) is 4.39 Å². The van der Waals surface area contributed by atoms with Gasteiger partial charge in [0.1, 0.15) is 17.3 Å². The van der Waals surface area contributed by atoms with Crippen LogP contribution in [0.3, 0.4) is 0 Å². The molecule has 1 fully saturated rings. The molecule has 0 amide bonds. The molecule has 1 saturated carbocycles. The van der Waals surface area contributed by atoms with Crippen molar-refractivity contribution in [3.8, 4) is 11.3 Å². The van der Waals surface area contributed by atoms with E-state index in [2.05, 4.69) is 0 Å². The normalized spacial score (nSPS) is 22.8. The molecule has 3 heteroatoms. The molecule has 1 heterocycles. The van der Waals surface area contributed by atoms with Gasteiger partial charge in [0.25, 0.3) is 0 Å². The Balaban J connectivity index is 1.98. The molecule has 0 radical (unpaired) electrons. The zero-order valence-corrected chi connectivity index (χ0v) is 9.61. The first kappa shape index (κ1) is 10.5. The Morgan fingerprint density at radius 1 is 1.29 bits per heavy atom. The molecule has 0 spiro atoms. The van der Waals surface area contributed by atoms with E-state index in [1.165, 1.54) is 6.07 Å². The van der Waals surface area contributed by atoms with Crippen LogP contribution in [-0.2, 0) is 0 Å². The van der Waals surface area contributed by atoms with E-state index in [-0.39, 0.29) is 11.9 Å². The first-order valence-corrected chi connectivity index (χ1v) is 5.77. The summed E-state index contributed by atoms with van der Waals surface area (Å²) < 4.78 is 19.2. The number of halogens is 1. The summed E-state index contributed by atoms with van der Waals surface area (Å²) in [7, 11) is 0. The topological polar surface area (TPSA) is 39.2 Å². The van der Waals surface area contributed by atoms with Gasteiger partial charge in [-0.15, -0.1) is 0 Å². The molecule has 0 aliphatic heterocycles. The standard InChI is InChI=1S/C14H14FNO/c1-8-9(3-2-4-11(8)15)13-5-6-14(17-13)10-7-12(10)16/h2-6,10,12H,7,16H2,1H3/t10-,12-/m1/s1. The van der Waals surface area contributed by atoms with Gasteiger partial charge in [0.05, 0.1) is 0 Å². The highest BCUT2D eigenvalue weighted by Crippen LogP contribution is 2.41. The van der Waals surface area contributed by atoms with E-state index >= 15 is 0 Å². The Hall–Kier alpha value is -1.61. The van der Waals surface area contributed by atoms with Crippen LogP contribution in [0.25, 0.3) is 11.3 Å². The SMILES string of the molecule is Cc1c(F)cccc1-c1ccc([C@@H]2C[C@H]2N)o1. The van der Waals surface area contributed by atoms with E-state index in [0.717, 1.165) is 23.5 Å². The number of hydrogen-bond donors (Lipinski definition) is 1.